The maximum absolute atomic E-state index is 6.01. The molecular weight excluding hydrogens is 230 g/mol. The molecule has 0 N–H and O–H groups in total. The van der Waals surface area contributed by atoms with Crippen molar-refractivity contribution in [2.24, 2.45) is 7.05 Å². The smallest absolute Gasteiger partial charge is 0.205 e. The molecule has 0 aromatic carbocycles. The molecule has 0 amide bonds. The van der Waals surface area contributed by atoms with Crippen LogP contribution in [-0.4, -0.2) is 4.57 Å². The summed E-state index contributed by atoms with van der Waals surface area (Å²) >= 11 is 17.9. The molecule has 1 heterocycles. The molecule has 1 aromatic rings. The van der Waals surface area contributed by atoms with Gasteiger partial charge in [-0.1, -0.05) is 13.3 Å². The number of rotatable bonds is 3. The van der Waals surface area contributed by atoms with Crippen molar-refractivity contribution in [3.05, 3.63) is 15.6 Å². The van der Waals surface area contributed by atoms with Gasteiger partial charge < -0.3 is 0 Å². The Balaban J connectivity index is 2.99. The van der Waals surface area contributed by atoms with Crippen LogP contribution in [0.4, 0.5) is 0 Å². The highest BCUT2D eigenvalue weighted by Gasteiger charge is 2.24. The van der Waals surface area contributed by atoms with Gasteiger partial charge in [0.15, 0.2) is 0 Å². The van der Waals surface area contributed by atoms with Crippen LogP contribution in [0.1, 0.15) is 19.8 Å². The molecule has 0 radical (unpaired) electrons. The van der Waals surface area contributed by atoms with Gasteiger partial charge in [0.2, 0.25) is 0 Å². The number of nitrogens with zero attached hydrogens (tertiary/aromatic N) is 2. The minimum absolute atomic E-state index is 0.489. The van der Waals surface area contributed by atoms with E-state index in [0.717, 1.165) is 19.4 Å². The second-order valence-electron chi connectivity index (χ2n) is 2.91. The van der Waals surface area contributed by atoms with E-state index < -0.39 is 0 Å². The standard InChI is InChI=1S/C8H12Cl3N2/c1-3-4-5-13-7(10)6(9)12(2)8(13)11/h3-5H2,1-2H3/q+1. The second-order valence-corrected chi connectivity index (χ2v) is 3.97. The Kier molecular flexibility index (Phi) is 3.89. The molecule has 0 atom stereocenters. The van der Waals surface area contributed by atoms with Crippen molar-refractivity contribution in [2.75, 3.05) is 0 Å². The molecule has 0 unspecified atom stereocenters. The van der Waals surface area contributed by atoms with Gasteiger partial charge in [0.1, 0.15) is 0 Å². The van der Waals surface area contributed by atoms with Crippen LogP contribution in [-0.2, 0) is 13.6 Å². The molecule has 1 rings (SSSR count). The fraction of sp³-hybridized carbons (Fsp3) is 0.625. The van der Waals surface area contributed by atoms with Gasteiger partial charge in [0.25, 0.3) is 10.3 Å². The molecular formula is C8H12Cl3N2+. The zero-order valence-corrected chi connectivity index (χ0v) is 9.92. The highest BCUT2D eigenvalue weighted by molar-refractivity contribution is 6.40. The summed E-state index contributed by atoms with van der Waals surface area (Å²) in [6, 6.07) is 0. The lowest BCUT2D eigenvalue weighted by Crippen LogP contribution is -2.28. The minimum Gasteiger partial charge on any atom is -0.205 e. The number of imidazole rings is 1. The molecule has 1 aromatic heterocycles. The molecule has 0 saturated carbocycles. The zero-order valence-electron chi connectivity index (χ0n) is 7.65. The number of unbranched alkanes of at least 4 members (excludes halogenated alkanes) is 1. The van der Waals surface area contributed by atoms with Gasteiger partial charge in [0, 0.05) is 11.6 Å². The van der Waals surface area contributed by atoms with Crippen LogP contribution < -0.4 is 4.57 Å². The third-order valence-corrected chi connectivity index (χ3v) is 3.31. The molecule has 0 aliphatic heterocycles. The highest BCUT2D eigenvalue weighted by atomic mass is 35.5. The topological polar surface area (TPSA) is 8.81 Å². The first-order valence-corrected chi connectivity index (χ1v) is 5.32. The lowest BCUT2D eigenvalue weighted by atomic mass is 10.3. The summed E-state index contributed by atoms with van der Waals surface area (Å²) in [4.78, 5) is 0. The van der Waals surface area contributed by atoms with E-state index in [9.17, 15) is 0 Å². The van der Waals surface area contributed by atoms with E-state index in [4.69, 9.17) is 34.8 Å². The molecule has 2 nitrogen and oxygen atoms in total. The first-order chi connectivity index (χ1) is 6.09. The van der Waals surface area contributed by atoms with Crippen LogP contribution in [0, 0.1) is 0 Å². The Morgan fingerprint density at radius 2 is 1.92 bits per heavy atom. The van der Waals surface area contributed by atoms with Crippen LogP contribution in [0.15, 0.2) is 0 Å². The molecule has 74 valence electrons. The summed E-state index contributed by atoms with van der Waals surface area (Å²) in [5, 5.41) is 1.58. The fourth-order valence-corrected chi connectivity index (χ4v) is 1.91. The fourth-order valence-electron chi connectivity index (χ4n) is 1.10. The molecule has 0 aliphatic rings. The maximum Gasteiger partial charge on any atom is 0.356 e. The minimum atomic E-state index is 0.489. The first-order valence-electron chi connectivity index (χ1n) is 4.18. The molecule has 0 saturated heterocycles. The van der Waals surface area contributed by atoms with Gasteiger partial charge in [-0.3, -0.25) is 0 Å². The SMILES string of the molecule is CCCCn1c(Cl)c(Cl)[n+](C)c1Cl. The van der Waals surface area contributed by atoms with Crippen molar-refractivity contribution in [2.45, 2.75) is 26.3 Å². The van der Waals surface area contributed by atoms with Crippen molar-refractivity contribution < 1.29 is 4.57 Å². The number of hydrogen-bond acceptors (Lipinski definition) is 0. The van der Waals surface area contributed by atoms with Crippen LogP contribution in [0.3, 0.4) is 0 Å². The van der Waals surface area contributed by atoms with E-state index in [0.29, 0.717) is 15.6 Å². The summed E-state index contributed by atoms with van der Waals surface area (Å²) in [5.41, 5.74) is 0. The summed E-state index contributed by atoms with van der Waals surface area (Å²) in [6.07, 6.45) is 2.15. The largest absolute Gasteiger partial charge is 0.356 e. The summed E-state index contributed by atoms with van der Waals surface area (Å²) in [7, 11) is 1.79. The number of aromatic nitrogens is 2. The number of halogens is 3. The predicted octanol–water partition coefficient (Wildman–Crippen LogP) is 3.07. The van der Waals surface area contributed by atoms with Crippen LogP contribution >= 0.6 is 34.8 Å². The normalized spacial score (nSPS) is 10.8. The predicted molar refractivity (Wildman–Crippen MR) is 55.5 cm³/mol. The van der Waals surface area contributed by atoms with E-state index in [1.807, 2.05) is 4.57 Å². The Morgan fingerprint density at radius 3 is 2.31 bits per heavy atom. The zero-order chi connectivity index (χ0) is 10.0. The molecule has 0 fully saturated rings. The van der Waals surface area contributed by atoms with Crippen LogP contribution in [0.5, 0.6) is 0 Å². The maximum atomic E-state index is 6.01. The summed E-state index contributed by atoms with van der Waals surface area (Å²) < 4.78 is 3.48. The first kappa shape index (κ1) is 11.2. The Bertz CT molecular complexity index is 281. The second kappa shape index (κ2) is 4.54. The summed E-state index contributed by atoms with van der Waals surface area (Å²) in [5.74, 6) is 0. The molecule has 5 heteroatoms. The third kappa shape index (κ3) is 2.12. The van der Waals surface area contributed by atoms with Gasteiger partial charge >= 0.3 is 5.28 Å². The van der Waals surface area contributed by atoms with Crippen molar-refractivity contribution in [3.8, 4) is 0 Å². The van der Waals surface area contributed by atoms with Crippen molar-refractivity contribution in [1.29, 1.82) is 0 Å². The van der Waals surface area contributed by atoms with E-state index in [1.165, 1.54) is 0 Å². The Labute approximate surface area is 93.0 Å². The van der Waals surface area contributed by atoms with Crippen molar-refractivity contribution >= 4 is 34.8 Å². The number of hydrogen-bond donors (Lipinski definition) is 0. The van der Waals surface area contributed by atoms with Gasteiger partial charge in [-0.25, -0.2) is 9.13 Å². The third-order valence-electron chi connectivity index (χ3n) is 1.94. The monoisotopic (exact) mass is 241 g/mol. The molecule has 0 spiro atoms. The van der Waals surface area contributed by atoms with Crippen LogP contribution in [0.25, 0.3) is 0 Å². The highest BCUT2D eigenvalue weighted by Crippen LogP contribution is 2.23. The Hall–Kier alpha value is 0.0800. The van der Waals surface area contributed by atoms with Gasteiger partial charge in [-0.05, 0) is 29.6 Å². The molecule has 0 aliphatic carbocycles. The van der Waals surface area contributed by atoms with Crippen LogP contribution in [0.2, 0.25) is 15.6 Å². The van der Waals surface area contributed by atoms with Gasteiger partial charge in [-0.15, -0.1) is 0 Å². The lowest BCUT2D eigenvalue weighted by Gasteiger charge is -1.95. The summed E-state index contributed by atoms with van der Waals surface area (Å²) in [6.45, 7) is 2.93. The van der Waals surface area contributed by atoms with E-state index in [-0.39, 0.29) is 0 Å². The molecule has 0 bridgehead atoms. The quantitative estimate of drug-likeness (QED) is 0.721. The van der Waals surface area contributed by atoms with E-state index in [1.54, 1.807) is 11.6 Å². The van der Waals surface area contributed by atoms with Crippen molar-refractivity contribution in [3.63, 3.8) is 0 Å². The average Bonchev–Trinajstić information content (AvgIpc) is 2.30. The van der Waals surface area contributed by atoms with Gasteiger partial charge in [-0.2, -0.15) is 0 Å². The van der Waals surface area contributed by atoms with Gasteiger partial charge in [0.05, 0.1) is 13.6 Å². The Morgan fingerprint density at radius 1 is 1.31 bits per heavy atom. The molecule has 13 heavy (non-hydrogen) atoms. The van der Waals surface area contributed by atoms with Crippen molar-refractivity contribution in [1.82, 2.24) is 4.57 Å². The van der Waals surface area contributed by atoms with E-state index in [2.05, 4.69) is 6.92 Å². The average molecular weight is 243 g/mol. The lowest BCUT2D eigenvalue weighted by molar-refractivity contribution is -0.666. The van der Waals surface area contributed by atoms with E-state index >= 15 is 0 Å².